The van der Waals surface area contributed by atoms with Gasteiger partial charge in [0.25, 0.3) is 0 Å². The molecule has 0 saturated carbocycles. The number of halogens is 3. The molecule has 3 N–H and O–H groups in total. The second-order valence-electron chi connectivity index (χ2n) is 2.52. The van der Waals surface area contributed by atoms with Gasteiger partial charge in [-0.15, -0.1) is 0 Å². The van der Waals surface area contributed by atoms with E-state index in [-0.39, 0.29) is 5.56 Å². The normalized spacial score (nSPS) is 10.6. The van der Waals surface area contributed by atoms with E-state index in [9.17, 15) is 9.18 Å². The first-order valence-corrected chi connectivity index (χ1v) is 5.61. The van der Waals surface area contributed by atoms with Crippen molar-refractivity contribution in [3.05, 3.63) is 31.6 Å². The van der Waals surface area contributed by atoms with Crippen LogP contribution < -0.4 is 11.2 Å². The van der Waals surface area contributed by atoms with Crippen LogP contribution in [0.2, 0.25) is 0 Å². The first-order chi connectivity index (χ1) is 7.00. The first kappa shape index (κ1) is 12.4. The zero-order chi connectivity index (χ0) is 11.4. The molecule has 0 fully saturated rings. The van der Waals surface area contributed by atoms with Gasteiger partial charge in [0.1, 0.15) is 5.82 Å². The van der Waals surface area contributed by atoms with Crippen molar-refractivity contribution in [2.45, 2.75) is 0 Å². The molecule has 0 bridgehead atoms. The molecule has 1 rings (SSSR count). The number of rotatable bonds is 2. The molecule has 0 saturated heterocycles. The lowest BCUT2D eigenvalue weighted by atomic mass is 10.2. The highest BCUT2D eigenvalue weighted by Crippen LogP contribution is 2.21. The van der Waals surface area contributed by atoms with Gasteiger partial charge in [0.2, 0.25) is 0 Å². The molecule has 0 unspecified atom stereocenters. The second-order valence-corrected chi connectivity index (χ2v) is 4.54. The van der Waals surface area contributed by atoms with E-state index in [1.807, 2.05) is 28.0 Å². The zero-order valence-electron chi connectivity index (χ0n) is 7.30. The maximum Gasteiger partial charge on any atom is 0.332 e. The van der Waals surface area contributed by atoms with Gasteiger partial charge in [0, 0.05) is 13.6 Å². The number of hydrazone groups is 1. The molecule has 1 aromatic rings. The minimum Gasteiger partial charge on any atom is -0.350 e. The number of nitrogens with one attached hydrogen (secondary N) is 1. The summed E-state index contributed by atoms with van der Waals surface area (Å²) < 4.78 is 14.8. The Bertz CT molecular complexity index is 425. The van der Waals surface area contributed by atoms with E-state index < -0.39 is 11.8 Å². The third-order valence-corrected chi connectivity index (χ3v) is 3.71. The standard InChI is InChI=1S/C8H6BrFIN3O/c9-5-2-6(10)4(1-7(5)11)3-13-14-8(12)15/h1-3H,(H3,12,14,15). The largest absolute Gasteiger partial charge is 0.350 e. The third kappa shape index (κ3) is 3.74. The van der Waals surface area contributed by atoms with Crippen LogP contribution in [-0.4, -0.2) is 12.2 Å². The fraction of sp³-hybridized carbons (Fsp3) is 0. The zero-order valence-corrected chi connectivity index (χ0v) is 11.0. The van der Waals surface area contributed by atoms with Crippen molar-refractivity contribution in [3.8, 4) is 0 Å². The summed E-state index contributed by atoms with van der Waals surface area (Å²) in [7, 11) is 0. The van der Waals surface area contributed by atoms with Crippen LogP contribution in [0.15, 0.2) is 21.7 Å². The SMILES string of the molecule is NC(=O)NN=Cc1cc(I)c(Br)cc1F. The average molecular weight is 386 g/mol. The van der Waals surface area contributed by atoms with Crippen LogP contribution in [0, 0.1) is 9.39 Å². The highest BCUT2D eigenvalue weighted by atomic mass is 127. The highest BCUT2D eigenvalue weighted by molar-refractivity contribution is 14.1. The Labute approximate surface area is 107 Å². The van der Waals surface area contributed by atoms with Crippen molar-refractivity contribution in [2.24, 2.45) is 10.8 Å². The van der Waals surface area contributed by atoms with E-state index in [4.69, 9.17) is 5.73 Å². The van der Waals surface area contributed by atoms with Gasteiger partial charge in [-0.05, 0) is 50.7 Å². The molecule has 2 amide bonds. The molecule has 0 heterocycles. The molecule has 0 aliphatic carbocycles. The first-order valence-electron chi connectivity index (χ1n) is 3.73. The lowest BCUT2D eigenvalue weighted by Gasteiger charge is -2.00. The molecule has 7 heteroatoms. The maximum absolute atomic E-state index is 13.3. The number of nitrogens with two attached hydrogens (primary N) is 1. The quantitative estimate of drug-likeness (QED) is 0.348. The van der Waals surface area contributed by atoms with Gasteiger partial charge in [-0.25, -0.2) is 14.6 Å². The van der Waals surface area contributed by atoms with Crippen molar-refractivity contribution < 1.29 is 9.18 Å². The van der Waals surface area contributed by atoms with E-state index >= 15 is 0 Å². The van der Waals surface area contributed by atoms with Gasteiger partial charge in [-0.3, -0.25) is 0 Å². The van der Waals surface area contributed by atoms with Crippen molar-refractivity contribution in [2.75, 3.05) is 0 Å². The lowest BCUT2D eigenvalue weighted by molar-refractivity contribution is 0.249. The van der Waals surface area contributed by atoms with Crippen molar-refractivity contribution in [3.63, 3.8) is 0 Å². The molecule has 0 aromatic heterocycles. The molecule has 1 aromatic carbocycles. The summed E-state index contributed by atoms with van der Waals surface area (Å²) in [6.07, 6.45) is 1.19. The average Bonchev–Trinajstić information content (AvgIpc) is 2.13. The molecule has 0 aliphatic heterocycles. The Morgan fingerprint density at radius 2 is 2.33 bits per heavy atom. The number of carbonyl (C=O) groups is 1. The van der Waals surface area contributed by atoms with E-state index in [2.05, 4.69) is 21.0 Å². The van der Waals surface area contributed by atoms with Crippen LogP contribution in [0.1, 0.15) is 5.56 Å². The van der Waals surface area contributed by atoms with Crippen LogP contribution in [0.5, 0.6) is 0 Å². The van der Waals surface area contributed by atoms with Gasteiger partial charge < -0.3 is 5.73 Å². The molecule has 80 valence electrons. The Balaban J connectivity index is 2.90. The predicted molar refractivity (Wildman–Crippen MR) is 67.1 cm³/mol. The molecular formula is C8H6BrFIN3O. The lowest BCUT2D eigenvalue weighted by Crippen LogP contribution is -2.24. The number of nitrogens with zero attached hydrogens (tertiary/aromatic N) is 1. The van der Waals surface area contributed by atoms with E-state index in [0.717, 1.165) is 3.57 Å². The number of benzene rings is 1. The van der Waals surface area contributed by atoms with Crippen molar-refractivity contribution in [1.29, 1.82) is 0 Å². The molecule has 0 aliphatic rings. The number of urea groups is 1. The van der Waals surface area contributed by atoms with E-state index in [1.54, 1.807) is 6.07 Å². The number of hydrogen-bond acceptors (Lipinski definition) is 2. The summed E-state index contributed by atoms with van der Waals surface area (Å²) in [6.45, 7) is 0. The third-order valence-electron chi connectivity index (χ3n) is 1.42. The molecule has 0 radical (unpaired) electrons. The van der Waals surface area contributed by atoms with Crippen LogP contribution >= 0.6 is 38.5 Å². The fourth-order valence-electron chi connectivity index (χ4n) is 0.802. The molecule has 4 nitrogen and oxygen atoms in total. The number of hydrogen-bond donors (Lipinski definition) is 2. The van der Waals surface area contributed by atoms with Crippen LogP contribution in [0.4, 0.5) is 9.18 Å². The molecule has 0 spiro atoms. The molecule has 0 atom stereocenters. The minimum absolute atomic E-state index is 0.274. The summed E-state index contributed by atoms with van der Waals surface area (Å²) in [5.74, 6) is -0.433. The van der Waals surface area contributed by atoms with Crippen LogP contribution in [0.25, 0.3) is 0 Å². The summed E-state index contributed by atoms with van der Waals surface area (Å²) in [5.41, 5.74) is 7.04. The summed E-state index contributed by atoms with van der Waals surface area (Å²) in [6, 6.07) is 2.12. The van der Waals surface area contributed by atoms with Crippen LogP contribution in [-0.2, 0) is 0 Å². The Morgan fingerprint density at radius 3 is 2.93 bits per heavy atom. The summed E-state index contributed by atoms with van der Waals surface area (Å²) >= 11 is 5.23. The molecule has 15 heavy (non-hydrogen) atoms. The van der Waals surface area contributed by atoms with Gasteiger partial charge >= 0.3 is 6.03 Å². The monoisotopic (exact) mass is 385 g/mol. The Morgan fingerprint density at radius 1 is 1.67 bits per heavy atom. The number of amides is 2. The predicted octanol–water partition coefficient (Wildman–Crippen LogP) is 2.20. The summed E-state index contributed by atoms with van der Waals surface area (Å²) in [4.78, 5) is 10.3. The fourth-order valence-corrected chi connectivity index (χ4v) is 1.61. The van der Waals surface area contributed by atoms with E-state index in [0.29, 0.717) is 4.47 Å². The number of carbonyl (C=O) groups excluding carboxylic acids is 1. The topological polar surface area (TPSA) is 67.5 Å². The van der Waals surface area contributed by atoms with E-state index in [1.165, 1.54) is 12.3 Å². The number of primary amides is 1. The maximum atomic E-state index is 13.3. The van der Waals surface area contributed by atoms with Crippen molar-refractivity contribution >= 4 is 50.8 Å². The highest BCUT2D eigenvalue weighted by Gasteiger charge is 2.04. The van der Waals surface area contributed by atoms with Gasteiger partial charge in [-0.1, -0.05) is 0 Å². The second kappa shape index (κ2) is 5.40. The van der Waals surface area contributed by atoms with Crippen LogP contribution in [0.3, 0.4) is 0 Å². The van der Waals surface area contributed by atoms with Gasteiger partial charge in [0.15, 0.2) is 0 Å². The summed E-state index contributed by atoms with van der Waals surface area (Å²) in [5, 5.41) is 3.46. The molecular weight excluding hydrogens is 380 g/mol. The Hall–Kier alpha value is -0.700. The Kier molecular flexibility index (Phi) is 4.45. The minimum atomic E-state index is -0.793. The van der Waals surface area contributed by atoms with Gasteiger partial charge in [-0.2, -0.15) is 5.10 Å². The van der Waals surface area contributed by atoms with Crippen molar-refractivity contribution in [1.82, 2.24) is 5.43 Å². The smallest absolute Gasteiger partial charge is 0.332 e. The van der Waals surface area contributed by atoms with Gasteiger partial charge in [0.05, 0.1) is 6.21 Å².